The smallest absolute Gasteiger partial charge is 0.251 e. The van der Waals surface area contributed by atoms with Crippen molar-refractivity contribution in [3.05, 3.63) is 83.8 Å². The van der Waals surface area contributed by atoms with Crippen LogP contribution in [0, 0.1) is 0 Å². The Kier molecular flexibility index (Phi) is 5.50. The van der Waals surface area contributed by atoms with Crippen LogP contribution >= 0.6 is 0 Å². The molecule has 0 aliphatic carbocycles. The zero-order valence-electron chi connectivity index (χ0n) is 15.9. The Morgan fingerprint density at radius 2 is 1.74 bits per heavy atom. The van der Waals surface area contributed by atoms with Gasteiger partial charge in [0.2, 0.25) is 0 Å². The zero-order valence-corrected chi connectivity index (χ0v) is 15.9. The van der Waals surface area contributed by atoms with Crippen LogP contribution in [-0.4, -0.2) is 15.9 Å². The van der Waals surface area contributed by atoms with Crippen molar-refractivity contribution in [1.82, 2.24) is 15.3 Å². The van der Waals surface area contributed by atoms with Crippen LogP contribution in [0.1, 0.15) is 42.4 Å². The molecule has 2 N–H and O–H groups in total. The van der Waals surface area contributed by atoms with Gasteiger partial charge in [-0.05, 0) is 41.3 Å². The third-order valence-corrected chi connectivity index (χ3v) is 4.18. The van der Waals surface area contributed by atoms with E-state index in [2.05, 4.69) is 47.4 Å². The molecule has 0 atom stereocenters. The van der Waals surface area contributed by atoms with Gasteiger partial charge >= 0.3 is 0 Å². The lowest BCUT2D eigenvalue weighted by molar-refractivity contribution is 0.0950. The summed E-state index contributed by atoms with van der Waals surface area (Å²) in [5.74, 6) is 0.479. The molecule has 0 aliphatic rings. The van der Waals surface area contributed by atoms with E-state index >= 15 is 0 Å². The van der Waals surface area contributed by atoms with E-state index in [1.54, 1.807) is 24.5 Å². The fraction of sp³-hybridized carbons (Fsp3) is 0.227. The first-order valence-corrected chi connectivity index (χ1v) is 8.94. The highest BCUT2D eigenvalue weighted by molar-refractivity contribution is 5.94. The van der Waals surface area contributed by atoms with Crippen molar-refractivity contribution in [2.45, 2.75) is 32.7 Å². The molecular formula is C22H24N4O. The van der Waals surface area contributed by atoms with E-state index in [0.717, 1.165) is 11.4 Å². The normalized spacial score (nSPS) is 11.1. The quantitative estimate of drug-likeness (QED) is 0.705. The van der Waals surface area contributed by atoms with Gasteiger partial charge in [0.05, 0.1) is 12.2 Å². The number of carbonyl (C=O) groups is 1. The highest BCUT2D eigenvalue weighted by atomic mass is 16.1. The van der Waals surface area contributed by atoms with Crippen LogP contribution in [-0.2, 0) is 12.0 Å². The molecule has 0 fully saturated rings. The van der Waals surface area contributed by atoms with Gasteiger partial charge in [-0.15, -0.1) is 0 Å². The van der Waals surface area contributed by atoms with Crippen LogP contribution in [0.5, 0.6) is 0 Å². The first-order valence-electron chi connectivity index (χ1n) is 8.94. The lowest BCUT2D eigenvalue weighted by Gasteiger charge is -2.23. The standard InChI is InChI=1S/C22H24N4O/c1-22(2,3)18-9-4-5-10-19(18)26-20-14-16(11-13-24-20)21(27)25-15-17-8-6-7-12-23-17/h4-14H,15H2,1-3H3,(H,24,26)(H,25,27). The van der Waals surface area contributed by atoms with Crippen LogP contribution < -0.4 is 10.6 Å². The molecule has 1 aromatic carbocycles. The molecule has 0 saturated carbocycles. The van der Waals surface area contributed by atoms with Crippen molar-refractivity contribution in [2.24, 2.45) is 0 Å². The molecule has 27 heavy (non-hydrogen) atoms. The summed E-state index contributed by atoms with van der Waals surface area (Å²) < 4.78 is 0. The highest BCUT2D eigenvalue weighted by Gasteiger charge is 2.18. The van der Waals surface area contributed by atoms with Crippen LogP contribution in [0.4, 0.5) is 11.5 Å². The number of pyridine rings is 2. The molecule has 2 aromatic heterocycles. The van der Waals surface area contributed by atoms with Crippen molar-refractivity contribution in [2.75, 3.05) is 5.32 Å². The van der Waals surface area contributed by atoms with Crippen molar-refractivity contribution < 1.29 is 4.79 Å². The monoisotopic (exact) mass is 360 g/mol. The minimum atomic E-state index is -0.157. The molecule has 5 nitrogen and oxygen atoms in total. The van der Waals surface area contributed by atoms with Gasteiger partial charge in [0, 0.05) is 23.6 Å². The average molecular weight is 360 g/mol. The van der Waals surface area contributed by atoms with Gasteiger partial charge in [-0.3, -0.25) is 9.78 Å². The van der Waals surface area contributed by atoms with Crippen molar-refractivity contribution in [3.63, 3.8) is 0 Å². The Bertz CT molecular complexity index is 917. The van der Waals surface area contributed by atoms with Crippen LogP contribution in [0.2, 0.25) is 0 Å². The number of nitrogens with zero attached hydrogens (tertiary/aromatic N) is 2. The largest absolute Gasteiger partial charge is 0.346 e. The molecule has 0 bridgehead atoms. The second kappa shape index (κ2) is 7.99. The van der Waals surface area contributed by atoms with E-state index in [-0.39, 0.29) is 11.3 Å². The molecule has 0 spiro atoms. The summed E-state index contributed by atoms with van der Waals surface area (Å²) in [7, 11) is 0. The summed E-state index contributed by atoms with van der Waals surface area (Å²) in [6.07, 6.45) is 3.35. The minimum Gasteiger partial charge on any atom is -0.346 e. The maximum absolute atomic E-state index is 12.5. The lowest BCUT2D eigenvalue weighted by atomic mass is 9.86. The Hall–Kier alpha value is -3.21. The predicted molar refractivity (Wildman–Crippen MR) is 108 cm³/mol. The predicted octanol–water partition coefficient (Wildman–Crippen LogP) is 4.45. The maximum Gasteiger partial charge on any atom is 0.251 e. The number of anilines is 2. The van der Waals surface area contributed by atoms with Gasteiger partial charge in [0.1, 0.15) is 5.82 Å². The van der Waals surface area contributed by atoms with Crippen molar-refractivity contribution >= 4 is 17.4 Å². The molecule has 3 aromatic rings. The van der Waals surface area contributed by atoms with Crippen molar-refractivity contribution in [1.29, 1.82) is 0 Å². The fourth-order valence-electron chi connectivity index (χ4n) is 2.80. The molecule has 0 saturated heterocycles. The summed E-state index contributed by atoms with van der Waals surface area (Å²) in [6.45, 7) is 6.89. The van der Waals surface area contributed by atoms with Gasteiger partial charge < -0.3 is 10.6 Å². The molecule has 2 heterocycles. The van der Waals surface area contributed by atoms with E-state index < -0.39 is 0 Å². The number of amides is 1. The summed E-state index contributed by atoms with van der Waals surface area (Å²) >= 11 is 0. The number of nitrogens with one attached hydrogen (secondary N) is 2. The first kappa shape index (κ1) is 18.6. The Balaban J connectivity index is 1.74. The third kappa shape index (κ3) is 4.91. The lowest BCUT2D eigenvalue weighted by Crippen LogP contribution is -2.23. The van der Waals surface area contributed by atoms with E-state index in [9.17, 15) is 4.79 Å². The van der Waals surface area contributed by atoms with Gasteiger partial charge in [-0.2, -0.15) is 0 Å². The Morgan fingerprint density at radius 3 is 2.48 bits per heavy atom. The van der Waals surface area contributed by atoms with Gasteiger partial charge in [-0.1, -0.05) is 45.0 Å². The molecule has 0 radical (unpaired) electrons. The number of rotatable bonds is 5. The number of hydrogen-bond donors (Lipinski definition) is 2. The van der Waals surface area contributed by atoms with E-state index in [0.29, 0.717) is 17.9 Å². The van der Waals surface area contributed by atoms with Gasteiger partial charge in [-0.25, -0.2) is 4.98 Å². The van der Waals surface area contributed by atoms with Crippen LogP contribution in [0.15, 0.2) is 67.0 Å². The minimum absolute atomic E-state index is 0.00125. The molecular weight excluding hydrogens is 336 g/mol. The second-order valence-electron chi connectivity index (χ2n) is 7.35. The molecule has 1 amide bonds. The van der Waals surface area contributed by atoms with E-state index in [1.165, 1.54) is 5.56 Å². The van der Waals surface area contributed by atoms with Crippen LogP contribution in [0.25, 0.3) is 0 Å². The zero-order chi connectivity index (χ0) is 19.3. The topological polar surface area (TPSA) is 66.9 Å². The molecule has 0 unspecified atom stereocenters. The third-order valence-electron chi connectivity index (χ3n) is 4.18. The summed E-state index contributed by atoms with van der Waals surface area (Å²) in [5, 5.41) is 6.23. The average Bonchev–Trinajstić information content (AvgIpc) is 2.67. The molecule has 138 valence electrons. The molecule has 3 rings (SSSR count). The van der Waals surface area contributed by atoms with Gasteiger partial charge in [0.15, 0.2) is 0 Å². The number of para-hydroxylation sites is 1. The number of hydrogen-bond acceptors (Lipinski definition) is 4. The van der Waals surface area contributed by atoms with Gasteiger partial charge in [0.25, 0.3) is 5.91 Å². The Morgan fingerprint density at radius 1 is 0.963 bits per heavy atom. The summed E-state index contributed by atoms with van der Waals surface area (Å²) in [4.78, 5) is 21.0. The number of aromatic nitrogens is 2. The van der Waals surface area contributed by atoms with E-state index in [1.807, 2.05) is 36.4 Å². The maximum atomic E-state index is 12.5. The Labute approximate surface area is 159 Å². The number of carbonyl (C=O) groups excluding carboxylic acids is 1. The van der Waals surface area contributed by atoms with E-state index in [4.69, 9.17) is 0 Å². The van der Waals surface area contributed by atoms with Crippen molar-refractivity contribution in [3.8, 4) is 0 Å². The fourth-order valence-corrected chi connectivity index (χ4v) is 2.80. The summed E-state index contributed by atoms with van der Waals surface area (Å²) in [6, 6.07) is 17.2. The first-order chi connectivity index (χ1) is 12.9. The molecule has 5 heteroatoms. The number of benzene rings is 1. The second-order valence-corrected chi connectivity index (χ2v) is 7.35. The van der Waals surface area contributed by atoms with Crippen LogP contribution in [0.3, 0.4) is 0 Å². The SMILES string of the molecule is CC(C)(C)c1ccccc1Nc1cc(C(=O)NCc2ccccn2)ccn1. The summed E-state index contributed by atoms with van der Waals surface area (Å²) in [5.41, 5.74) is 3.55. The molecule has 0 aliphatic heterocycles. The highest BCUT2D eigenvalue weighted by Crippen LogP contribution is 2.30.